The zero-order valence-corrected chi connectivity index (χ0v) is 13.4. The van der Waals surface area contributed by atoms with Crippen LogP contribution in [0.3, 0.4) is 0 Å². The molecule has 114 valence electrons. The van der Waals surface area contributed by atoms with E-state index in [9.17, 15) is 0 Å². The molecular weight excluding hydrogens is 286 g/mol. The number of hydrogen-bond donors (Lipinski definition) is 2. The molecule has 0 aliphatic carbocycles. The number of rotatable bonds is 7. The summed E-state index contributed by atoms with van der Waals surface area (Å²) in [5.41, 5.74) is 7.00. The minimum atomic E-state index is 0.0680. The topological polar surface area (TPSA) is 69.4 Å². The van der Waals surface area contributed by atoms with Crippen LogP contribution in [0, 0.1) is 0 Å². The van der Waals surface area contributed by atoms with Crippen molar-refractivity contribution in [3.63, 3.8) is 0 Å². The lowest BCUT2D eigenvalue weighted by molar-refractivity contribution is 0.245. The Kier molecular flexibility index (Phi) is 5.27. The summed E-state index contributed by atoms with van der Waals surface area (Å²) in [4.78, 5) is 0. The van der Waals surface area contributed by atoms with Crippen LogP contribution >= 0.6 is 11.5 Å². The van der Waals surface area contributed by atoms with Crippen molar-refractivity contribution in [3.8, 4) is 11.5 Å². The predicted octanol–water partition coefficient (Wildman–Crippen LogP) is 3.18. The molecule has 0 amide bonds. The first kappa shape index (κ1) is 15.4. The molecule has 5 nitrogen and oxygen atoms in total. The second-order valence-corrected chi connectivity index (χ2v) is 5.65. The molecule has 0 aliphatic heterocycles. The highest BCUT2D eigenvalue weighted by Crippen LogP contribution is 2.35. The molecule has 0 bridgehead atoms. The smallest absolute Gasteiger partial charge is 0.197 e. The van der Waals surface area contributed by atoms with Crippen molar-refractivity contribution in [1.29, 1.82) is 0 Å². The van der Waals surface area contributed by atoms with Gasteiger partial charge in [-0.3, -0.25) is 0 Å². The van der Waals surface area contributed by atoms with Crippen LogP contribution in [-0.2, 0) is 6.42 Å². The third-order valence-corrected chi connectivity index (χ3v) is 3.70. The molecule has 2 aromatic rings. The maximum absolute atomic E-state index is 5.83. The van der Waals surface area contributed by atoms with Crippen LogP contribution < -0.4 is 20.5 Å². The number of aromatic nitrogens is 1. The van der Waals surface area contributed by atoms with E-state index in [1.807, 2.05) is 32.0 Å². The van der Waals surface area contributed by atoms with E-state index in [1.165, 1.54) is 11.5 Å². The van der Waals surface area contributed by atoms with E-state index in [0.717, 1.165) is 29.3 Å². The summed E-state index contributed by atoms with van der Waals surface area (Å²) >= 11 is 1.32. The Bertz CT molecular complexity index is 584. The summed E-state index contributed by atoms with van der Waals surface area (Å²) in [6.07, 6.45) is 0.918. The molecule has 3 N–H and O–H groups in total. The van der Waals surface area contributed by atoms with Crippen molar-refractivity contribution in [2.45, 2.75) is 26.4 Å². The normalized spacial score (nSPS) is 10.7. The second kappa shape index (κ2) is 7.17. The minimum Gasteiger partial charge on any atom is -0.496 e. The van der Waals surface area contributed by atoms with Gasteiger partial charge >= 0.3 is 0 Å². The maximum atomic E-state index is 5.83. The van der Waals surface area contributed by atoms with E-state index in [2.05, 4.69) is 15.8 Å². The molecular formula is C15H21N3O2S. The number of methoxy groups -OCH3 is 1. The molecule has 0 unspecified atom stereocenters. The van der Waals surface area contributed by atoms with E-state index in [4.69, 9.17) is 15.2 Å². The van der Waals surface area contributed by atoms with Crippen LogP contribution in [0.1, 0.15) is 19.4 Å². The van der Waals surface area contributed by atoms with Gasteiger partial charge in [0.25, 0.3) is 0 Å². The van der Waals surface area contributed by atoms with Crippen molar-refractivity contribution in [2.75, 3.05) is 24.7 Å². The molecule has 0 radical (unpaired) electrons. The molecule has 1 aromatic carbocycles. The van der Waals surface area contributed by atoms with E-state index < -0.39 is 0 Å². The Morgan fingerprint density at radius 1 is 1.33 bits per heavy atom. The summed E-state index contributed by atoms with van der Waals surface area (Å²) in [7, 11) is 1.69. The number of nitrogens with zero attached hydrogens (tertiary/aromatic N) is 1. The highest BCUT2D eigenvalue weighted by molar-refractivity contribution is 7.11. The van der Waals surface area contributed by atoms with Crippen molar-refractivity contribution in [2.24, 2.45) is 0 Å². The number of anilines is 2. The van der Waals surface area contributed by atoms with Gasteiger partial charge in [0.05, 0.1) is 13.2 Å². The van der Waals surface area contributed by atoms with Crippen LogP contribution in [0.5, 0.6) is 11.5 Å². The van der Waals surface area contributed by atoms with E-state index in [0.29, 0.717) is 11.6 Å². The minimum absolute atomic E-state index is 0.0680. The third-order valence-electron chi connectivity index (χ3n) is 2.90. The van der Waals surface area contributed by atoms with Crippen LogP contribution in [-0.4, -0.2) is 24.1 Å². The average Bonchev–Trinajstić information content (AvgIpc) is 2.80. The third kappa shape index (κ3) is 4.01. The fraction of sp³-hybridized carbons (Fsp3) is 0.400. The van der Waals surface area contributed by atoms with Crippen LogP contribution in [0.25, 0.3) is 0 Å². The number of nitrogens with one attached hydrogen (secondary N) is 1. The molecule has 1 heterocycles. The quantitative estimate of drug-likeness (QED) is 0.822. The number of para-hydroxylation sites is 1. The van der Waals surface area contributed by atoms with Gasteiger partial charge in [-0.2, -0.15) is 4.37 Å². The van der Waals surface area contributed by atoms with Gasteiger partial charge in [0, 0.05) is 6.54 Å². The molecule has 1 aromatic heterocycles. The fourth-order valence-corrected chi connectivity index (χ4v) is 2.65. The SMILES string of the molecule is COc1ccccc1CCNc1snc(N)c1OC(C)C. The molecule has 2 rings (SSSR count). The first-order chi connectivity index (χ1) is 10.1. The molecule has 0 aliphatic rings. The fourth-order valence-electron chi connectivity index (χ4n) is 1.98. The molecule has 21 heavy (non-hydrogen) atoms. The highest BCUT2D eigenvalue weighted by Gasteiger charge is 2.14. The number of benzene rings is 1. The Morgan fingerprint density at radius 3 is 2.81 bits per heavy atom. The predicted molar refractivity (Wildman–Crippen MR) is 87.5 cm³/mol. The molecule has 0 atom stereocenters. The van der Waals surface area contributed by atoms with E-state index in [-0.39, 0.29) is 6.10 Å². The van der Waals surface area contributed by atoms with Crippen molar-refractivity contribution in [3.05, 3.63) is 29.8 Å². The number of ether oxygens (including phenoxy) is 2. The molecule has 0 spiro atoms. The van der Waals surface area contributed by atoms with Gasteiger partial charge in [0.1, 0.15) is 5.75 Å². The van der Waals surface area contributed by atoms with Crippen LogP contribution in [0.4, 0.5) is 10.8 Å². The molecule has 0 saturated carbocycles. The Balaban J connectivity index is 1.97. The number of nitrogens with two attached hydrogens (primary N) is 1. The second-order valence-electron chi connectivity index (χ2n) is 4.88. The lowest BCUT2D eigenvalue weighted by Crippen LogP contribution is -2.10. The Hall–Kier alpha value is -1.95. The lowest BCUT2D eigenvalue weighted by atomic mass is 10.1. The first-order valence-electron chi connectivity index (χ1n) is 6.89. The van der Waals surface area contributed by atoms with Gasteiger partial charge in [-0.25, -0.2) is 0 Å². The van der Waals surface area contributed by atoms with Crippen LogP contribution in [0.15, 0.2) is 24.3 Å². The van der Waals surface area contributed by atoms with E-state index in [1.54, 1.807) is 7.11 Å². The van der Waals surface area contributed by atoms with Crippen molar-refractivity contribution in [1.82, 2.24) is 4.37 Å². The Labute approximate surface area is 129 Å². The standard InChI is InChI=1S/C15H21N3O2S/c1-10(2)20-13-14(16)18-21-15(13)17-9-8-11-6-4-5-7-12(11)19-3/h4-7,10,17H,8-9H2,1-3H3,(H2,16,18). The summed E-state index contributed by atoms with van der Waals surface area (Å²) in [5, 5.41) is 4.21. The maximum Gasteiger partial charge on any atom is 0.197 e. The summed E-state index contributed by atoms with van der Waals surface area (Å²) < 4.78 is 15.2. The zero-order valence-electron chi connectivity index (χ0n) is 12.6. The van der Waals surface area contributed by atoms with Gasteiger partial charge in [0.15, 0.2) is 16.6 Å². The van der Waals surface area contributed by atoms with Gasteiger partial charge in [-0.15, -0.1) is 0 Å². The number of hydrogen-bond acceptors (Lipinski definition) is 6. The molecule has 0 fully saturated rings. The van der Waals surface area contributed by atoms with Gasteiger partial charge in [0.2, 0.25) is 0 Å². The lowest BCUT2D eigenvalue weighted by Gasteiger charge is -2.12. The zero-order chi connectivity index (χ0) is 15.2. The number of nitrogen functional groups attached to an aromatic ring is 1. The highest BCUT2D eigenvalue weighted by atomic mass is 32.1. The van der Waals surface area contributed by atoms with Crippen molar-refractivity contribution >= 4 is 22.4 Å². The Morgan fingerprint density at radius 2 is 2.10 bits per heavy atom. The van der Waals surface area contributed by atoms with Gasteiger partial charge in [-0.1, -0.05) is 18.2 Å². The largest absolute Gasteiger partial charge is 0.496 e. The molecule has 6 heteroatoms. The van der Waals surface area contributed by atoms with E-state index >= 15 is 0 Å². The monoisotopic (exact) mass is 307 g/mol. The van der Waals surface area contributed by atoms with Crippen LogP contribution in [0.2, 0.25) is 0 Å². The van der Waals surface area contributed by atoms with Gasteiger partial charge < -0.3 is 20.5 Å². The molecule has 0 saturated heterocycles. The summed E-state index contributed by atoms with van der Waals surface area (Å²) in [6, 6.07) is 8.00. The first-order valence-corrected chi connectivity index (χ1v) is 7.66. The van der Waals surface area contributed by atoms with Gasteiger partial charge in [-0.05, 0) is 43.4 Å². The summed E-state index contributed by atoms with van der Waals surface area (Å²) in [6.45, 7) is 4.70. The summed E-state index contributed by atoms with van der Waals surface area (Å²) in [5.74, 6) is 1.99. The average molecular weight is 307 g/mol. The van der Waals surface area contributed by atoms with Crippen molar-refractivity contribution < 1.29 is 9.47 Å².